The van der Waals surface area contributed by atoms with Crippen LogP contribution in [-0.2, 0) is 25.8 Å². The summed E-state index contributed by atoms with van der Waals surface area (Å²) in [6.07, 6.45) is 11.2. The smallest absolute Gasteiger partial charge is 0 e. The number of benzene rings is 2. The fraction of sp³-hybridized carbons (Fsp3) is 0.190. The number of rotatable bonds is 4. The van der Waals surface area contributed by atoms with Crippen molar-refractivity contribution in [3.8, 4) is 0 Å². The molecule has 0 heterocycles. The molecule has 1 aliphatic rings. The average Bonchev–Trinajstić information content (AvgIpc) is 3.14. The number of halogens is 3. The molecule has 0 fully saturated rings. The normalized spacial score (nSPS) is 10.3. The second-order valence-electron chi connectivity index (χ2n) is 5.45. The van der Waals surface area contributed by atoms with Gasteiger partial charge in [-0.2, -0.15) is 6.08 Å². The summed E-state index contributed by atoms with van der Waals surface area (Å²) in [7, 11) is 0.0759. The van der Waals surface area contributed by atoms with Gasteiger partial charge in [-0.15, -0.1) is 92.9 Å². The van der Waals surface area contributed by atoms with Crippen LogP contribution in [0.25, 0.3) is 0 Å². The first-order valence-electron chi connectivity index (χ1n) is 7.60. The van der Waals surface area contributed by atoms with Gasteiger partial charge in [0.1, 0.15) is 0 Å². The minimum Gasteiger partial charge on any atom is -0.273 e. The van der Waals surface area contributed by atoms with Gasteiger partial charge in [-0.1, -0.05) is 36.4 Å². The van der Waals surface area contributed by atoms with Crippen LogP contribution in [-0.4, -0.2) is 19.5 Å². The maximum Gasteiger partial charge on any atom is 0 e. The van der Waals surface area contributed by atoms with Gasteiger partial charge in [0.2, 0.25) is 0 Å². The predicted molar refractivity (Wildman–Crippen MR) is 121 cm³/mol. The summed E-state index contributed by atoms with van der Waals surface area (Å²) in [5.41, 5.74) is 2.71. The van der Waals surface area contributed by atoms with Crippen LogP contribution >= 0.6 is 45.1 Å². The van der Waals surface area contributed by atoms with Gasteiger partial charge in [0.05, 0.1) is 0 Å². The molecule has 26 heavy (non-hydrogen) atoms. The van der Waals surface area contributed by atoms with E-state index in [4.69, 9.17) is 0 Å². The van der Waals surface area contributed by atoms with Crippen molar-refractivity contribution in [2.45, 2.75) is 6.42 Å². The summed E-state index contributed by atoms with van der Waals surface area (Å²) in [6, 6.07) is 21.5. The van der Waals surface area contributed by atoms with E-state index in [9.17, 15) is 0 Å². The molecule has 0 N–H and O–H groups in total. The topological polar surface area (TPSA) is 0 Å². The van der Waals surface area contributed by atoms with Crippen LogP contribution in [0.15, 0.2) is 78.9 Å². The Balaban J connectivity index is -0.000000515. The molecule has 3 rings (SSSR count). The van der Waals surface area contributed by atoms with Crippen molar-refractivity contribution in [1.82, 2.24) is 0 Å². The van der Waals surface area contributed by atoms with E-state index in [0.717, 1.165) is 6.42 Å². The molecule has 0 nitrogen and oxygen atoms in total. The van der Waals surface area contributed by atoms with Crippen LogP contribution in [0, 0.1) is 12.0 Å². The van der Waals surface area contributed by atoms with Crippen molar-refractivity contribution >= 4 is 45.1 Å². The second-order valence-corrected chi connectivity index (χ2v) is 7.93. The van der Waals surface area contributed by atoms with Gasteiger partial charge in [0.25, 0.3) is 0 Å². The molecule has 142 valence electrons. The maximum absolute atomic E-state index is 2.99. The van der Waals surface area contributed by atoms with E-state index in [2.05, 4.69) is 86.1 Å². The molecule has 0 radical (unpaired) electrons. The van der Waals surface area contributed by atoms with Gasteiger partial charge in [0.15, 0.2) is 0 Å². The molecule has 0 atom stereocenters. The minimum absolute atomic E-state index is 0. The van der Waals surface area contributed by atoms with E-state index in [-0.39, 0.29) is 71.0 Å². The molecule has 0 aliphatic heterocycles. The van der Waals surface area contributed by atoms with Crippen molar-refractivity contribution in [3.05, 3.63) is 102 Å². The van der Waals surface area contributed by atoms with Crippen molar-refractivity contribution in [3.63, 3.8) is 0 Å². The second kappa shape index (κ2) is 18.3. The molecule has 0 aromatic heterocycles. The van der Waals surface area contributed by atoms with Gasteiger partial charge >= 0.3 is 0 Å². The molecule has 2 aromatic rings. The summed E-state index contributed by atoms with van der Waals surface area (Å²) in [5.74, 6) is 1.47. The Labute approximate surface area is 197 Å². The summed E-state index contributed by atoms with van der Waals surface area (Å²) in [6.45, 7) is 4.67. The standard InChI is InChI=1S/C16H18P.C5H5.3ClH.Hf/c1-17(2)13-16(14-9-5-3-6-10-14)15-11-7-4-8-12-15;1-2-4-5-3-1;;;;/h3-12H,13H2,1-2H3;1-3H,4H2;3*1H;/q2*-1;;;;. The van der Waals surface area contributed by atoms with E-state index in [1.165, 1.54) is 23.2 Å². The van der Waals surface area contributed by atoms with Crippen molar-refractivity contribution in [2.75, 3.05) is 19.5 Å². The van der Waals surface area contributed by atoms with Crippen LogP contribution in [0.1, 0.15) is 17.5 Å². The number of hydrogen-bond donors (Lipinski definition) is 0. The molecule has 0 saturated heterocycles. The molecular weight excluding hydrogens is 568 g/mol. The van der Waals surface area contributed by atoms with Crippen LogP contribution in [0.4, 0.5) is 0 Å². The van der Waals surface area contributed by atoms with Crippen molar-refractivity contribution in [2.24, 2.45) is 0 Å². The van der Waals surface area contributed by atoms with E-state index in [1.54, 1.807) is 0 Å². The first kappa shape index (κ1) is 30.7. The summed E-state index contributed by atoms with van der Waals surface area (Å²) in [4.78, 5) is 0. The van der Waals surface area contributed by atoms with E-state index in [0.29, 0.717) is 0 Å². The fourth-order valence-corrected chi connectivity index (χ4v) is 3.28. The third-order valence-corrected chi connectivity index (χ3v) is 4.25. The molecule has 1 aliphatic carbocycles. The molecule has 0 bridgehead atoms. The average molecular weight is 594 g/mol. The molecular formula is C21H26Cl3HfP-2. The fourth-order valence-electron chi connectivity index (χ4n) is 2.28. The van der Waals surface area contributed by atoms with Gasteiger partial charge in [-0.05, 0) is 19.5 Å². The molecule has 0 amide bonds. The Hall–Kier alpha value is -0.0399. The van der Waals surface area contributed by atoms with E-state index in [1.807, 2.05) is 12.2 Å². The SMILES string of the molecule is CP(C)C[C-](c1ccccc1)c1ccccc1.Cl.Cl.Cl.[C-]1=CC=CC1.[Hf]. The molecule has 0 spiro atoms. The molecule has 5 heteroatoms. The first-order chi connectivity index (χ1) is 10.8. The Morgan fingerprint density at radius 1 is 0.846 bits per heavy atom. The Morgan fingerprint density at radius 2 is 1.31 bits per heavy atom. The van der Waals surface area contributed by atoms with Crippen molar-refractivity contribution < 1.29 is 25.8 Å². The van der Waals surface area contributed by atoms with Gasteiger partial charge in [-0.25, -0.2) is 12.2 Å². The van der Waals surface area contributed by atoms with Gasteiger partial charge in [0, 0.05) is 25.8 Å². The quantitative estimate of drug-likeness (QED) is 0.204. The summed E-state index contributed by atoms with van der Waals surface area (Å²) < 4.78 is 0. The van der Waals surface area contributed by atoms with Crippen LogP contribution in [0.5, 0.6) is 0 Å². The zero-order chi connectivity index (χ0) is 15.6. The molecule has 0 unspecified atom stereocenters. The predicted octanol–water partition coefficient (Wildman–Crippen LogP) is 6.97. The number of allylic oxidation sites excluding steroid dienone is 4. The monoisotopic (exact) mass is 594 g/mol. The first-order valence-corrected chi connectivity index (χ1v) is 10.0. The molecule has 2 aromatic carbocycles. The van der Waals surface area contributed by atoms with E-state index < -0.39 is 0 Å². The third kappa shape index (κ3) is 11.6. The zero-order valence-corrected chi connectivity index (χ0v) is 22.0. The largest absolute Gasteiger partial charge is 0.273 e. The van der Waals surface area contributed by atoms with Gasteiger partial charge in [-0.3, -0.25) is 6.08 Å². The summed E-state index contributed by atoms with van der Waals surface area (Å²) >= 11 is 0. The zero-order valence-electron chi connectivity index (χ0n) is 15.1. The van der Waals surface area contributed by atoms with E-state index >= 15 is 0 Å². The van der Waals surface area contributed by atoms with Gasteiger partial charge < -0.3 is 0 Å². The van der Waals surface area contributed by atoms with Crippen LogP contribution < -0.4 is 0 Å². The number of hydrogen-bond acceptors (Lipinski definition) is 0. The Kier molecular flexibility index (Phi) is 21.6. The van der Waals surface area contributed by atoms with Crippen LogP contribution in [0.3, 0.4) is 0 Å². The molecule has 0 saturated carbocycles. The Bertz CT molecular complexity index is 552. The summed E-state index contributed by atoms with van der Waals surface area (Å²) in [5, 5.41) is 0. The van der Waals surface area contributed by atoms with Crippen LogP contribution in [0.2, 0.25) is 0 Å². The maximum atomic E-state index is 2.99. The minimum atomic E-state index is 0. The Morgan fingerprint density at radius 3 is 1.58 bits per heavy atom. The van der Waals surface area contributed by atoms with Crippen molar-refractivity contribution in [1.29, 1.82) is 0 Å². The third-order valence-electron chi connectivity index (χ3n) is 3.30.